The van der Waals surface area contributed by atoms with Crippen LogP contribution in [0, 0.1) is 0 Å². The van der Waals surface area contributed by atoms with Gasteiger partial charge in [0.1, 0.15) is 0 Å². The van der Waals surface area contributed by atoms with Crippen LogP contribution >= 0.6 is 15.9 Å². The number of carbonyl (C=O) groups is 1. The number of aliphatic hydroxyl groups excluding tert-OH is 1. The van der Waals surface area contributed by atoms with Crippen molar-refractivity contribution < 1.29 is 9.90 Å². The van der Waals surface area contributed by atoms with Gasteiger partial charge in [0, 0.05) is 12.7 Å². The number of H-pyrrole nitrogens is 1. The summed E-state index contributed by atoms with van der Waals surface area (Å²) in [7, 11) is 0. The van der Waals surface area contributed by atoms with E-state index >= 15 is 0 Å². The number of nitrogens with one attached hydrogen (secondary N) is 2. The van der Waals surface area contributed by atoms with E-state index in [2.05, 4.69) is 26.2 Å². The molecule has 0 spiro atoms. The van der Waals surface area contributed by atoms with E-state index in [1.807, 2.05) is 0 Å². The van der Waals surface area contributed by atoms with E-state index in [4.69, 9.17) is 5.11 Å². The number of hydrogen-bond donors (Lipinski definition) is 3. The van der Waals surface area contributed by atoms with E-state index in [0.717, 1.165) is 0 Å². The van der Waals surface area contributed by atoms with Gasteiger partial charge in [0.15, 0.2) is 0 Å². The molecule has 1 aromatic rings. The van der Waals surface area contributed by atoms with Crippen LogP contribution in [0.15, 0.2) is 21.5 Å². The van der Waals surface area contributed by atoms with Crippen molar-refractivity contribution >= 4 is 21.8 Å². The van der Waals surface area contributed by atoms with Crippen LogP contribution in [0.2, 0.25) is 0 Å². The summed E-state index contributed by atoms with van der Waals surface area (Å²) >= 11 is 3.01. The van der Waals surface area contributed by atoms with Gasteiger partial charge in [0.2, 0.25) is 0 Å². The highest BCUT2D eigenvalue weighted by atomic mass is 79.9. The molecule has 5 nitrogen and oxygen atoms in total. The number of aliphatic hydroxyl groups is 1. The van der Waals surface area contributed by atoms with Crippen molar-refractivity contribution in [2.45, 2.75) is 0 Å². The van der Waals surface area contributed by atoms with Gasteiger partial charge >= 0.3 is 0 Å². The van der Waals surface area contributed by atoms with Crippen LogP contribution in [-0.2, 0) is 0 Å². The Hall–Kier alpha value is -1.14. The van der Waals surface area contributed by atoms with Crippen LogP contribution in [0.3, 0.4) is 0 Å². The second kappa shape index (κ2) is 4.92. The zero-order valence-electron chi connectivity index (χ0n) is 7.21. The molecule has 0 radical (unpaired) electrons. The highest BCUT2D eigenvalue weighted by Gasteiger charge is 2.06. The molecule has 1 aromatic heterocycles. The van der Waals surface area contributed by atoms with Crippen LogP contribution in [0.1, 0.15) is 10.4 Å². The maximum absolute atomic E-state index is 11.3. The molecular weight excluding hydrogens is 252 g/mol. The highest BCUT2D eigenvalue weighted by Crippen LogP contribution is 2.04. The minimum absolute atomic E-state index is 0.115. The number of halogens is 1. The molecule has 6 heteroatoms. The van der Waals surface area contributed by atoms with Crippen molar-refractivity contribution in [3.05, 3.63) is 32.7 Å². The van der Waals surface area contributed by atoms with Gasteiger partial charge in [-0.05, 0) is 22.0 Å². The summed E-state index contributed by atoms with van der Waals surface area (Å²) in [5, 5.41) is 10.9. The fourth-order valence-electron chi connectivity index (χ4n) is 0.859. The summed E-state index contributed by atoms with van der Waals surface area (Å²) in [4.78, 5) is 24.6. The fraction of sp³-hybridized carbons (Fsp3) is 0.250. The van der Waals surface area contributed by atoms with Crippen LogP contribution < -0.4 is 10.9 Å². The maximum atomic E-state index is 11.3. The summed E-state index contributed by atoms with van der Waals surface area (Å²) in [6, 6.07) is 1.42. The number of aromatic amines is 1. The van der Waals surface area contributed by atoms with Crippen LogP contribution in [-0.4, -0.2) is 29.1 Å². The monoisotopic (exact) mass is 260 g/mol. The van der Waals surface area contributed by atoms with E-state index in [0.29, 0.717) is 10.0 Å². The molecule has 0 fully saturated rings. The molecule has 0 saturated heterocycles. The van der Waals surface area contributed by atoms with Gasteiger partial charge < -0.3 is 15.4 Å². The molecule has 0 bridgehead atoms. The Kier molecular flexibility index (Phi) is 3.84. The lowest BCUT2D eigenvalue weighted by atomic mass is 10.3. The third-order valence-corrected chi connectivity index (χ3v) is 2.11. The number of rotatable bonds is 3. The topological polar surface area (TPSA) is 82.2 Å². The average molecular weight is 261 g/mol. The molecule has 0 aliphatic heterocycles. The second-order valence-corrected chi connectivity index (χ2v) is 3.40. The molecule has 0 unspecified atom stereocenters. The standard InChI is InChI=1S/C8H9BrN2O3/c9-6-3-5(4-11-8(6)14)7(13)10-1-2-12/h3-4,12H,1-2H2,(H,10,13)(H,11,14). The van der Waals surface area contributed by atoms with Crippen LogP contribution in [0.4, 0.5) is 0 Å². The van der Waals surface area contributed by atoms with E-state index in [1.165, 1.54) is 12.3 Å². The lowest BCUT2D eigenvalue weighted by Gasteiger charge is -2.02. The lowest BCUT2D eigenvalue weighted by molar-refractivity contribution is 0.0944. The Morgan fingerprint density at radius 3 is 2.93 bits per heavy atom. The molecular formula is C8H9BrN2O3. The first-order valence-corrected chi connectivity index (χ1v) is 4.71. The Morgan fingerprint density at radius 2 is 2.36 bits per heavy atom. The Balaban J connectivity index is 2.81. The number of carbonyl (C=O) groups excluding carboxylic acids is 1. The Bertz CT molecular complexity index is 388. The molecule has 1 heterocycles. The quantitative estimate of drug-likeness (QED) is 0.708. The smallest absolute Gasteiger partial charge is 0.262 e. The van der Waals surface area contributed by atoms with Crippen molar-refractivity contribution in [2.24, 2.45) is 0 Å². The lowest BCUT2D eigenvalue weighted by Crippen LogP contribution is -2.27. The largest absolute Gasteiger partial charge is 0.395 e. The number of amides is 1. The first-order chi connectivity index (χ1) is 6.65. The van der Waals surface area contributed by atoms with Gasteiger partial charge in [0.25, 0.3) is 11.5 Å². The summed E-state index contributed by atoms with van der Waals surface area (Å²) in [6.45, 7) is 0.0752. The fourth-order valence-corrected chi connectivity index (χ4v) is 1.22. The summed E-state index contributed by atoms with van der Waals surface area (Å²) < 4.78 is 0.300. The molecule has 0 aliphatic rings. The summed E-state index contributed by atoms with van der Waals surface area (Å²) in [5.41, 5.74) is 0.0497. The number of hydrogen-bond acceptors (Lipinski definition) is 3. The predicted octanol–water partition coefficient (Wildman–Crippen LogP) is -0.141. The molecule has 0 aliphatic carbocycles. The average Bonchev–Trinajstić information content (AvgIpc) is 2.18. The molecule has 76 valence electrons. The van der Waals surface area contributed by atoms with Crippen molar-refractivity contribution in [3.63, 3.8) is 0 Å². The number of aromatic nitrogens is 1. The zero-order valence-corrected chi connectivity index (χ0v) is 8.80. The predicted molar refractivity (Wildman–Crippen MR) is 54.2 cm³/mol. The highest BCUT2D eigenvalue weighted by molar-refractivity contribution is 9.10. The molecule has 0 atom stereocenters. The van der Waals surface area contributed by atoms with E-state index < -0.39 is 0 Å². The van der Waals surface area contributed by atoms with Gasteiger partial charge in [-0.1, -0.05) is 0 Å². The maximum Gasteiger partial charge on any atom is 0.262 e. The van der Waals surface area contributed by atoms with Crippen LogP contribution in [0.25, 0.3) is 0 Å². The van der Waals surface area contributed by atoms with Gasteiger partial charge in [-0.25, -0.2) is 0 Å². The molecule has 14 heavy (non-hydrogen) atoms. The van der Waals surface area contributed by atoms with Crippen LogP contribution in [0.5, 0.6) is 0 Å². The zero-order chi connectivity index (χ0) is 10.6. The third kappa shape index (κ3) is 2.68. The SMILES string of the molecule is O=C(NCCO)c1c[nH]c(=O)c(Br)c1. The minimum Gasteiger partial charge on any atom is -0.395 e. The molecule has 1 rings (SSSR count). The minimum atomic E-state index is -0.337. The van der Waals surface area contributed by atoms with Crippen molar-refractivity contribution in [1.29, 1.82) is 0 Å². The first-order valence-electron chi connectivity index (χ1n) is 3.92. The Labute approximate surface area is 88.3 Å². The summed E-state index contributed by atoms with van der Waals surface area (Å²) in [5.74, 6) is -0.337. The van der Waals surface area contributed by atoms with Crippen molar-refractivity contribution in [2.75, 3.05) is 13.2 Å². The van der Waals surface area contributed by atoms with Gasteiger partial charge in [-0.15, -0.1) is 0 Å². The normalized spacial score (nSPS) is 9.86. The van der Waals surface area contributed by atoms with Gasteiger partial charge in [-0.3, -0.25) is 9.59 Å². The molecule has 1 amide bonds. The third-order valence-electron chi connectivity index (χ3n) is 1.52. The van der Waals surface area contributed by atoms with Gasteiger partial charge in [0.05, 0.1) is 16.6 Å². The van der Waals surface area contributed by atoms with E-state index in [-0.39, 0.29) is 24.6 Å². The van der Waals surface area contributed by atoms with Crippen molar-refractivity contribution in [1.82, 2.24) is 10.3 Å². The van der Waals surface area contributed by atoms with E-state index in [9.17, 15) is 9.59 Å². The van der Waals surface area contributed by atoms with E-state index in [1.54, 1.807) is 0 Å². The summed E-state index contributed by atoms with van der Waals surface area (Å²) in [6.07, 6.45) is 1.32. The second-order valence-electron chi connectivity index (χ2n) is 2.54. The molecule has 0 aromatic carbocycles. The van der Waals surface area contributed by atoms with Crippen molar-refractivity contribution in [3.8, 4) is 0 Å². The first kappa shape index (κ1) is 10.9. The van der Waals surface area contributed by atoms with Gasteiger partial charge in [-0.2, -0.15) is 0 Å². The number of pyridine rings is 1. The molecule has 0 saturated carbocycles. The molecule has 3 N–H and O–H groups in total. The Morgan fingerprint density at radius 1 is 1.64 bits per heavy atom.